The Bertz CT molecular complexity index is 674. The summed E-state index contributed by atoms with van der Waals surface area (Å²) in [5.74, 6) is 0.610. The molecule has 0 aliphatic carbocycles. The minimum Gasteiger partial charge on any atom is -0.468 e. The van der Waals surface area contributed by atoms with Crippen LogP contribution in [0.4, 0.5) is 0 Å². The molecular weight excluding hydrogens is 310 g/mol. The molecule has 5 nitrogen and oxygen atoms in total. The molecule has 0 bridgehead atoms. The molecule has 0 aromatic carbocycles. The number of hydrogen-bond donors (Lipinski definition) is 0. The smallest absolute Gasteiger partial charge is 0.244 e. The van der Waals surface area contributed by atoms with Crippen molar-refractivity contribution in [2.45, 2.75) is 25.3 Å². The van der Waals surface area contributed by atoms with Crippen LogP contribution in [-0.2, 0) is 21.3 Å². The SMILES string of the molecule is COCCN(Cc1ccco1)S(=O)(=O)c1cc(C)sc1C. The Kier molecular flexibility index (Phi) is 5.21. The number of sulfonamides is 1. The fraction of sp³-hybridized carbons (Fsp3) is 0.429. The molecule has 0 N–H and O–H groups in total. The number of ether oxygens (including phenoxy) is 1. The molecule has 0 radical (unpaired) electrons. The van der Waals surface area contributed by atoms with Crippen LogP contribution in [0.1, 0.15) is 15.5 Å². The second kappa shape index (κ2) is 6.74. The van der Waals surface area contributed by atoms with E-state index in [2.05, 4.69) is 0 Å². The molecule has 0 spiro atoms. The van der Waals surface area contributed by atoms with E-state index in [1.54, 1.807) is 25.3 Å². The van der Waals surface area contributed by atoms with E-state index in [4.69, 9.17) is 9.15 Å². The zero-order valence-electron chi connectivity index (χ0n) is 12.3. The predicted molar refractivity (Wildman–Crippen MR) is 82.0 cm³/mol. The van der Waals surface area contributed by atoms with Gasteiger partial charge in [-0.15, -0.1) is 11.3 Å². The minimum atomic E-state index is -3.56. The summed E-state index contributed by atoms with van der Waals surface area (Å²) in [5.41, 5.74) is 0. The van der Waals surface area contributed by atoms with Crippen molar-refractivity contribution < 1.29 is 17.6 Å². The molecule has 0 saturated carbocycles. The Balaban J connectivity index is 2.32. The zero-order valence-corrected chi connectivity index (χ0v) is 14.0. The molecule has 0 aliphatic heterocycles. The Hall–Kier alpha value is -1.15. The first kappa shape index (κ1) is 16.2. The van der Waals surface area contributed by atoms with E-state index in [0.717, 1.165) is 9.75 Å². The lowest BCUT2D eigenvalue weighted by Crippen LogP contribution is -2.33. The zero-order chi connectivity index (χ0) is 15.5. The summed E-state index contributed by atoms with van der Waals surface area (Å²) in [6.45, 7) is 4.55. The lowest BCUT2D eigenvalue weighted by molar-refractivity contribution is 0.175. The Morgan fingerprint density at radius 2 is 2.14 bits per heavy atom. The van der Waals surface area contributed by atoms with Gasteiger partial charge in [-0.1, -0.05) is 0 Å². The van der Waals surface area contributed by atoms with E-state index in [-0.39, 0.29) is 13.1 Å². The summed E-state index contributed by atoms with van der Waals surface area (Å²) >= 11 is 1.48. The normalized spacial score (nSPS) is 12.2. The molecule has 0 unspecified atom stereocenters. The van der Waals surface area contributed by atoms with Crippen molar-refractivity contribution in [1.82, 2.24) is 4.31 Å². The number of methoxy groups -OCH3 is 1. The fourth-order valence-electron chi connectivity index (χ4n) is 2.06. The number of aryl methyl sites for hydroxylation is 2. The van der Waals surface area contributed by atoms with E-state index in [0.29, 0.717) is 17.3 Å². The second-order valence-corrected chi connectivity index (χ2v) is 8.06. The molecule has 2 rings (SSSR count). The maximum atomic E-state index is 12.8. The van der Waals surface area contributed by atoms with Crippen LogP contribution in [0.3, 0.4) is 0 Å². The Morgan fingerprint density at radius 3 is 2.67 bits per heavy atom. The van der Waals surface area contributed by atoms with Gasteiger partial charge < -0.3 is 9.15 Å². The van der Waals surface area contributed by atoms with Crippen LogP contribution >= 0.6 is 11.3 Å². The third kappa shape index (κ3) is 3.74. The molecule has 0 amide bonds. The number of furan rings is 1. The van der Waals surface area contributed by atoms with Gasteiger partial charge in [-0.2, -0.15) is 4.31 Å². The lowest BCUT2D eigenvalue weighted by atomic mass is 10.4. The van der Waals surface area contributed by atoms with E-state index in [1.807, 2.05) is 13.8 Å². The molecule has 0 aliphatic rings. The van der Waals surface area contributed by atoms with Crippen LogP contribution in [0.15, 0.2) is 33.8 Å². The van der Waals surface area contributed by atoms with Crippen molar-refractivity contribution in [1.29, 1.82) is 0 Å². The Morgan fingerprint density at radius 1 is 1.38 bits per heavy atom. The highest BCUT2D eigenvalue weighted by molar-refractivity contribution is 7.89. The van der Waals surface area contributed by atoms with Crippen LogP contribution in [-0.4, -0.2) is 33.0 Å². The number of rotatable bonds is 7. The summed E-state index contributed by atoms with van der Waals surface area (Å²) in [4.78, 5) is 2.15. The van der Waals surface area contributed by atoms with Gasteiger partial charge in [-0.25, -0.2) is 8.42 Å². The van der Waals surface area contributed by atoms with E-state index < -0.39 is 10.0 Å². The standard InChI is InChI=1S/C14H19NO4S2/c1-11-9-14(12(2)20-11)21(16,17)15(6-8-18-3)10-13-5-4-7-19-13/h4-5,7,9H,6,8,10H2,1-3H3. The van der Waals surface area contributed by atoms with Gasteiger partial charge in [-0.05, 0) is 32.0 Å². The summed E-state index contributed by atoms with van der Waals surface area (Å²) in [6, 6.07) is 5.23. The summed E-state index contributed by atoms with van der Waals surface area (Å²) in [6.07, 6.45) is 1.54. The lowest BCUT2D eigenvalue weighted by Gasteiger charge is -2.20. The molecule has 0 fully saturated rings. The molecule has 2 aromatic rings. The first-order chi connectivity index (χ1) is 9.95. The molecule has 2 heterocycles. The Labute approximate surface area is 129 Å². The van der Waals surface area contributed by atoms with E-state index in [1.165, 1.54) is 21.9 Å². The third-order valence-electron chi connectivity index (χ3n) is 3.07. The summed E-state index contributed by atoms with van der Waals surface area (Å²) < 4.78 is 37.4. The monoisotopic (exact) mass is 329 g/mol. The van der Waals surface area contributed by atoms with Gasteiger partial charge in [0.1, 0.15) is 5.76 Å². The van der Waals surface area contributed by atoms with Crippen LogP contribution in [0.2, 0.25) is 0 Å². The van der Waals surface area contributed by atoms with Crippen LogP contribution in [0, 0.1) is 13.8 Å². The van der Waals surface area contributed by atoms with Crippen LogP contribution in [0.5, 0.6) is 0 Å². The number of thiophene rings is 1. The molecule has 2 aromatic heterocycles. The molecule has 21 heavy (non-hydrogen) atoms. The van der Waals surface area contributed by atoms with Gasteiger partial charge in [0, 0.05) is 23.4 Å². The summed E-state index contributed by atoms with van der Waals surface area (Å²) in [7, 11) is -2.00. The van der Waals surface area contributed by atoms with Gasteiger partial charge in [-0.3, -0.25) is 0 Å². The van der Waals surface area contributed by atoms with Crippen LogP contribution in [0.25, 0.3) is 0 Å². The minimum absolute atomic E-state index is 0.201. The first-order valence-electron chi connectivity index (χ1n) is 6.53. The van der Waals surface area contributed by atoms with Crippen molar-refractivity contribution in [3.8, 4) is 0 Å². The van der Waals surface area contributed by atoms with Crippen molar-refractivity contribution in [2.24, 2.45) is 0 Å². The van der Waals surface area contributed by atoms with Gasteiger partial charge in [0.25, 0.3) is 0 Å². The van der Waals surface area contributed by atoms with Gasteiger partial charge in [0.2, 0.25) is 10.0 Å². The first-order valence-corrected chi connectivity index (χ1v) is 8.79. The van der Waals surface area contributed by atoms with Crippen molar-refractivity contribution in [3.05, 3.63) is 40.0 Å². The van der Waals surface area contributed by atoms with Gasteiger partial charge in [0.15, 0.2) is 0 Å². The molecule has 0 saturated heterocycles. The maximum absolute atomic E-state index is 12.8. The highest BCUT2D eigenvalue weighted by Gasteiger charge is 2.28. The highest BCUT2D eigenvalue weighted by atomic mass is 32.2. The van der Waals surface area contributed by atoms with Crippen LogP contribution < -0.4 is 0 Å². The summed E-state index contributed by atoms with van der Waals surface area (Å²) in [5, 5.41) is 0. The molecule has 7 heteroatoms. The number of hydrogen-bond acceptors (Lipinski definition) is 5. The van der Waals surface area contributed by atoms with E-state index >= 15 is 0 Å². The van der Waals surface area contributed by atoms with E-state index in [9.17, 15) is 8.42 Å². The molecule has 116 valence electrons. The molecule has 0 atom stereocenters. The van der Waals surface area contributed by atoms with Gasteiger partial charge >= 0.3 is 0 Å². The second-order valence-electron chi connectivity index (χ2n) is 4.69. The quantitative estimate of drug-likeness (QED) is 0.784. The maximum Gasteiger partial charge on any atom is 0.244 e. The fourth-order valence-corrected chi connectivity index (χ4v) is 4.97. The largest absolute Gasteiger partial charge is 0.468 e. The van der Waals surface area contributed by atoms with Crippen molar-refractivity contribution in [2.75, 3.05) is 20.3 Å². The van der Waals surface area contributed by atoms with Gasteiger partial charge in [0.05, 0.1) is 24.3 Å². The predicted octanol–water partition coefficient (Wildman–Crippen LogP) is 2.80. The topological polar surface area (TPSA) is 59.8 Å². The van der Waals surface area contributed by atoms with Crippen molar-refractivity contribution >= 4 is 21.4 Å². The molecular formula is C14H19NO4S2. The number of nitrogens with zero attached hydrogens (tertiary/aromatic N) is 1. The highest BCUT2D eigenvalue weighted by Crippen LogP contribution is 2.28. The third-order valence-corrected chi connectivity index (χ3v) is 6.14. The average Bonchev–Trinajstić information content (AvgIpc) is 3.04. The van der Waals surface area contributed by atoms with Crippen molar-refractivity contribution in [3.63, 3.8) is 0 Å². The average molecular weight is 329 g/mol.